The maximum Gasteiger partial charge on any atom is 0.257 e. The molecule has 0 aromatic heterocycles. The average molecular weight is 369 g/mol. The molecule has 128 valence electrons. The van der Waals surface area contributed by atoms with Gasteiger partial charge in [0.15, 0.2) is 5.11 Å². The van der Waals surface area contributed by atoms with Crippen LogP contribution in [0.15, 0.2) is 42.5 Å². The first kappa shape index (κ1) is 16.6. The molecule has 0 saturated carbocycles. The molecule has 4 rings (SSSR count). The summed E-state index contributed by atoms with van der Waals surface area (Å²) in [5.74, 6) is 0.875. The number of hydrogen-bond acceptors (Lipinski definition) is 3. The Bertz CT molecular complexity index is 862. The van der Waals surface area contributed by atoms with E-state index in [-0.39, 0.29) is 17.3 Å². The predicted molar refractivity (Wildman–Crippen MR) is 108 cm³/mol. The van der Waals surface area contributed by atoms with Crippen LogP contribution in [0.3, 0.4) is 0 Å². The number of anilines is 1. The fourth-order valence-electron chi connectivity index (χ4n) is 3.48. The highest BCUT2D eigenvalue weighted by Crippen LogP contribution is 2.46. The van der Waals surface area contributed by atoms with Gasteiger partial charge in [-0.1, -0.05) is 42.0 Å². The summed E-state index contributed by atoms with van der Waals surface area (Å²) < 4.78 is 0. The molecule has 2 aromatic rings. The Balaban J connectivity index is 1.71. The second-order valence-corrected chi connectivity index (χ2v) is 8.17. The van der Waals surface area contributed by atoms with E-state index in [4.69, 9.17) is 12.2 Å². The Hall–Kier alpha value is -1.85. The van der Waals surface area contributed by atoms with Crippen molar-refractivity contribution in [1.29, 1.82) is 0 Å². The van der Waals surface area contributed by atoms with Crippen LogP contribution in [0.5, 0.6) is 0 Å². The van der Waals surface area contributed by atoms with Crippen LogP contribution in [0, 0.1) is 20.8 Å². The molecule has 0 unspecified atom stereocenters. The second-order valence-electron chi connectivity index (χ2n) is 6.69. The van der Waals surface area contributed by atoms with Crippen molar-refractivity contribution in [2.45, 2.75) is 32.2 Å². The number of benzene rings is 2. The molecule has 0 radical (unpaired) electrons. The van der Waals surface area contributed by atoms with Gasteiger partial charge in [0.2, 0.25) is 0 Å². The molecule has 2 saturated heterocycles. The normalized spacial score (nSPS) is 22.7. The summed E-state index contributed by atoms with van der Waals surface area (Å²) >= 11 is 7.56. The van der Waals surface area contributed by atoms with E-state index in [9.17, 15) is 4.79 Å². The molecule has 2 aliphatic heterocycles. The van der Waals surface area contributed by atoms with Crippen LogP contribution in [-0.4, -0.2) is 27.7 Å². The largest absolute Gasteiger partial charge is 0.319 e. The van der Waals surface area contributed by atoms with Crippen molar-refractivity contribution in [3.05, 3.63) is 64.7 Å². The quantitative estimate of drug-likeness (QED) is 0.735. The lowest BCUT2D eigenvalue weighted by atomic mass is 10.1. The van der Waals surface area contributed by atoms with Crippen LogP contribution in [-0.2, 0) is 4.79 Å². The third-order valence-electron chi connectivity index (χ3n) is 5.10. The van der Waals surface area contributed by atoms with Crippen LogP contribution >= 0.6 is 24.0 Å². The second kappa shape index (κ2) is 6.15. The Kier molecular flexibility index (Phi) is 4.08. The molecule has 2 aromatic carbocycles. The zero-order valence-electron chi connectivity index (χ0n) is 14.5. The zero-order valence-corrected chi connectivity index (χ0v) is 16.2. The number of carbonyl (C=O) groups is 1. The molecular formula is C20H20N2OS2. The van der Waals surface area contributed by atoms with E-state index in [1.165, 1.54) is 16.7 Å². The number of rotatable bonds is 2. The van der Waals surface area contributed by atoms with Gasteiger partial charge in [0.25, 0.3) is 5.91 Å². The van der Waals surface area contributed by atoms with Crippen LogP contribution in [0.2, 0.25) is 0 Å². The van der Waals surface area contributed by atoms with Gasteiger partial charge in [-0.3, -0.25) is 9.69 Å². The number of aryl methyl sites for hydroxylation is 2. The number of fused-ring (bicyclic) bond motifs is 1. The smallest absolute Gasteiger partial charge is 0.257 e. The van der Waals surface area contributed by atoms with Crippen LogP contribution in [0.25, 0.3) is 0 Å². The molecule has 2 heterocycles. The fraction of sp³-hybridized carbons (Fsp3) is 0.300. The van der Waals surface area contributed by atoms with Crippen molar-refractivity contribution < 1.29 is 4.79 Å². The summed E-state index contributed by atoms with van der Waals surface area (Å²) in [6, 6.07) is 14.4. The van der Waals surface area contributed by atoms with E-state index in [0.717, 1.165) is 17.0 Å². The fourth-order valence-corrected chi connectivity index (χ4v) is 5.39. The molecule has 0 aliphatic carbocycles. The molecule has 2 atom stereocenters. The lowest BCUT2D eigenvalue weighted by molar-refractivity contribution is -0.119. The third-order valence-corrected chi connectivity index (χ3v) is 6.81. The number of amides is 1. The van der Waals surface area contributed by atoms with Gasteiger partial charge in [0.1, 0.15) is 11.4 Å². The first-order valence-electron chi connectivity index (χ1n) is 8.39. The van der Waals surface area contributed by atoms with Crippen molar-refractivity contribution in [2.24, 2.45) is 0 Å². The number of thiocarbonyl (C=S) groups is 1. The van der Waals surface area contributed by atoms with Crippen LogP contribution in [0.4, 0.5) is 5.69 Å². The van der Waals surface area contributed by atoms with E-state index in [0.29, 0.717) is 5.11 Å². The molecule has 0 bridgehead atoms. The molecule has 3 nitrogen and oxygen atoms in total. The average Bonchev–Trinajstić information content (AvgIpc) is 3.13. The number of hydrogen-bond donors (Lipinski definition) is 0. The molecule has 0 spiro atoms. The van der Waals surface area contributed by atoms with Crippen molar-refractivity contribution in [3.63, 3.8) is 0 Å². The third kappa shape index (κ3) is 2.57. The molecule has 1 amide bonds. The van der Waals surface area contributed by atoms with Gasteiger partial charge in [-0.15, -0.1) is 11.8 Å². The van der Waals surface area contributed by atoms with Crippen LogP contribution < -0.4 is 4.90 Å². The first-order chi connectivity index (χ1) is 12.0. The molecular weight excluding hydrogens is 348 g/mol. The monoisotopic (exact) mass is 368 g/mol. The van der Waals surface area contributed by atoms with Crippen molar-refractivity contribution in [2.75, 3.05) is 10.7 Å². The summed E-state index contributed by atoms with van der Waals surface area (Å²) in [5.41, 5.74) is 5.64. The maximum absolute atomic E-state index is 13.1. The minimum absolute atomic E-state index is 0.0980. The minimum atomic E-state index is -0.163. The summed E-state index contributed by atoms with van der Waals surface area (Å²) in [5, 5.41) is 0.733. The van der Waals surface area contributed by atoms with Crippen LogP contribution in [0.1, 0.15) is 27.6 Å². The van der Waals surface area contributed by atoms with Gasteiger partial charge in [-0.2, -0.15) is 0 Å². The Morgan fingerprint density at radius 3 is 2.52 bits per heavy atom. The van der Waals surface area contributed by atoms with Crippen molar-refractivity contribution >= 4 is 40.7 Å². The Labute approximate surface area is 158 Å². The van der Waals surface area contributed by atoms with Gasteiger partial charge in [0.05, 0.1) is 5.69 Å². The summed E-state index contributed by atoms with van der Waals surface area (Å²) in [7, 11) is 0. The molecule has 2 aliphatic rings. The lowest BCUT2D eigenvalue weighted by Crippen LogP contribution is -2.34. The summed E-state index contributed by atoms with van der Waals surface area (Å²) in [6.45, 7) is 6.20. The number of nitrogens with zero attached hydrogens (tertiary/aromatic N) is 2. The highest BCUT2D eigenvalue weighted by molar-refractivity contribution is 7.99. The topological polar surface area (TPSA) is 23.6 Å². The van der Waals surface area contributed by atoms with E-state index >= 15 is 0 Å². The summed E-state index contributed by atoms with van der Waals surface area (Å²) in [4.78, 5) is 16.9. The first-order valence-corrected chi connectivity index (χ1v) is 9.85. The van der Waals surface area contributed by atoms with E-state index in [2.05, 4.69) is 56.0 Å². The highest BCUT2D eigenvalue weighted by atomic mass is 32.2. The molecule has 2 fully saturated rings. The highest BCUT2D eigenvalue weighted by Gasteiger charge is 2.51. The van der Waals surface area contributed by atoms with E-state index in [1.807, 2.05) is 12.1 Å². The Morgan fingerprint density at radius 1 is 1.08 bits per heavy atom. The van der Waals surface area contributed by atoms with Gasteiger partial charge >= 0.3 is 0 Å². The van der Waals surface area contributed by atoms with Gasteiger partial charge < -0.3 is 4.90 Å². The number of thioether (sulfide) groups is 1. The predicted octanol–water partition coefficient (Wildman–Crippen LogP) is 4.36. The van der Waals surface area contributed by atoms with Gasteiger partial charge in [-0.25, -0.2) is 0 Å². The SMILES string of the molecule is Cc1ccc([C@H]2SC[C@H]3C(=O)N(c4cccc(C)c4C)C(=S)N23)cc1. The van der Waals surface area contributed by atoms with Gasteiger partial charge in [-0.05, 0) is 55.7 Å². The van der Waals surface area contributed by atoms with Crippen molar-refractivity contribution in [3.8, 4) is 0 Å². The lowest BCUT2D eigenvalue weighted by Gasteiger charge is -2.26. The molecule has 5 heteroatoms. The standard InChI is InChI=1S/C20H20N2OS2/c1-12-7-9-15(10-8-12)19-22-17(11-25-19)18(23)21(20(22)24)16-6-4-5-13(2)14(16)3/h4-10,17,19H,11H2,1-3H3/t17-,19+/m0/s1. The maximum atomic E-state index is 13.1. The van der Waals surface area contributed by atoms with E-state index in [1.54, 1.807) is 16.7 Å². The Morgan fingerprint density at radius 2 is 1.80 bits per heavy atom. The van der Waals surface area contributed by atoms with Crippen molar-refractivity contribution in [1.82, 2.24) is 4.90 Å². The number of carbonyl (C=O) groups excluding carboxylic acids is 1. The zero-order chi connectivity index (χ0) is 17.7. The minimum Gasteiger partial charge on any atom is -0.319 e. The van der Waals surface area contributed by atoms with Gasteiger partial charge in [0, 0.05) is 5.75 Å². The summed E-state index contributed by atoms with van der Waals surface area (Å²) in [6.07, 6.45) is 0. The molecule has 0 N–H and O–H groups in total. The van der Waals surface area contributed by atoms with E-state index < -0.39 is 0 Å². The molecule has 25 heavy (non-hydrogen) atoms.